The van der Waals surface area contributed by atoms with Crippen LogP contribution in [0.3, 0.4) is 0 Å². The molecule has 1 N–H and O–H groups in total. The van der Waals surface area contributed by atoms with Gasteiger partial charge < -0.3 is 10.2 Å². The fourth-order valence-corrected chi connectivity index (χ4v) is 4.07. The molecule has 2 amide bonds. The zero-order valence-corrected chi connectivity index (χ0v) is 14.9. The predicted molar refractivity (Wildman–Crippen MR) is 97.5 cm³/mol. The molecular formula is C20H20F3N3O. The van der Waals surface area contributed by atoms with Gasteiger partial charge in [0.15, 0.2) is 0 Å². The lowest BCUT2D eigenvalue weighted by Crippen LogP contribution is -2.45. The molecule has 4 nitrogen and oxygen atoms in total. The highest BCUT2D eigenvalue weighted by Gasteiger charge is 2.46. The third kappa shape index (κ3) is 3.16. The van der Waals surface area contributed by atoms with E-state index in [-0.39, 0.29) is 16.9 Å². The average Bonchev–Trinajstić information content (AvgIpc) is 2.94. The molecule has 7 heteroatoms. The molecule has 27 heavy (non-hydrogen) atoms. The van der Waals surface area contributed by atoms with Crippen molar-refractivity contribution in [2.75, 3.05) is 36.9 Å². The van der Waals surface area contributed by atoms with E-state index < -0.39 is 17.7 Å². The van der Waals surface area contributed by atoms with Gasteiger partial charge in [-0.15, -0.1) is 0 Å². The standard InChI is InChI=1S/C20H20F3N3O/c1-25-8-6-20(7-9-25)12-26(18-5-3-13(21)10-15(18)20)19(27)24-17-4-2-14(22)11-16(17)23/h2-5,10-11H,6-9,12H2,1H3,(H,24,27). The van der Waals surface area contributed by atoms with Gasteiger partial charge in [-0.1, -0.05) is 0 Å². The van der Waals surface area contributed by atoms with Crippen LogP contribution in [0.25, 0.3) is 0 Å². The van der Waals surface area contributed by atoms with Gasteiger partial charge in [-0.3, -0.25) is 4.90 Å². The van der Waals surface area contributed by atoms with E-state index in [1.165, 1.54) is 23.1 Å². The molecule has 2 aromatic rings. The molecule has 2 aliphatic heterocycles. The minimum absolute atomic E-state index is 0.0885. The van der Waals surface area contributed by atoms with Crippen molar-refractivity contribution in [1.29, 1.82) is 0 Å². The highest BCUT2D eigenvalue weighted by molar-refractivity contribution is 6.03. The summed E-state index contributed by atoms with van der Waals surface area (Å²) in [6, 6.07) is 6.92. The Hall–Kier alpha value is -2.54. The summed E-state index contributed by atoms with van der Waals surface area (Å²) in [4.78, 5) is 16.6. The molecule has 1 spiro atoms. The molecule has 142 valence electrons. The van der Waals surface area contributed by atoms with Crippen LogP contribution in [0.2, 0.25) is 0 Å². The van der Waals surface area contributed by atoms with Gasteiger partial charge in [0.05, 0.1) is 5.69 Å². The van der Waals surface area contributed by atoms with Crippen molar-refractivity contribution in [3.8, 4) is 0 Å². The Morgan fingerprint density at radius 3 is 2.41 bits per heavy atom. The first kappa shape index (κ1) is 17.9. The van der Waals surface area contributed by atoms with E-state index in [1.807, 2.05) is 7.05 Å². The predicted octanol–water partition coefficient (Wildman–Crippen LogP) is 4.12. The molecule has 0 saturated carbocycles. The maximum absolute atomic E-state index is 13.9. The molecule has 0 atom stereocenters. The number of carbonyl (C=O) groups excluding carboxylic acids is 1. The Bertz CT molecular complexity index is 894. The van der Waals surface area contributed by atoms with Gasteiger partial charge in [-0.25, -0.2) is 18.0 Å². The lowest BCUT2D eigenvalue weighted by Gasteiger charge is -2.38. The Kier molecular flexibility index (Phi) is 4.34. The molecule has 0 aliphatic carbocycles. The molecule has 1 fully saturated rings. The van der Waals surface area contributed by atoms with Crippen molar-refractivity contribution < 1.29 is 18.0 Å². The fourth-order valence-electron chi connectivity index (χ4n) is 4.07. The number of halogens is 3. The number of hydrogen-bond donors (Lipinski definition) is 1. The largest absolute Gasteiger partial charge is 0.326 e. The number of piperidine rings is 1. The van der Waals surface area contributed by atoms with Crippen LogP contribution in [-0.4, -0.2) is 37.6 Å². The van der Waals surface area contributed by atoms with Crippen LogP contribution in [-0.2, 0) is 5.41 Å². The SMILES string of the molecule is CN1CCC2(CC1)CN(C(=O)Nc1ccc(F)cc1F)c1ccc(F)cc12. The summed E-state index contributed by atoms with van der Waals surface area (Å²) in [6.07, 6.45) is 1.63. The second-order valence-electron chi connectivity index (χ2n) is 7.39. The summed E-state index contributed by atoms with van der Waals surface area (Å²) < 4.78 is 40.9. The van der Waals surface area contributed by atoms with Crippen LogP contribution < -0.4 is 10.2 Å². The van der Waals surface area contributed by atoms with E-state index in [4.69, 9.17) is 0 Å². The van der Waals surface area contributed by atoms with Crippen LogP contribution in [0, 0.1) is 17.5 Å². The highest BCUT2D eigenvalue weighted by atomic mass is 19.1. The van der Waals surface area contributed by atoms with E-state index in [1.54, 1.807) is 6.07 Å². The number of urea groups is 1. The molecule has 0 aromatic heterocycles. The van der Waals surface area contributed by atoms with Gasteiger partial charge in [0, 0.05) is 23.7 Å². The monoisotopic (exact) mass is 375 g/mol. The van der Waals surface area contributed by atoms with Crippen LogP contribution >= 0.6 is 0 Å². The summed E-state index contributed by atoms with van der Waals surface area (Å²) in [7, 11) is 2.04. The van der Waals surface area contributed by atoms with Gasteiger partial charge in [-0.2, -0.15) is 0 Å². The highest BCUT2D eigenvalue weighted by Crippen LogP contribution is 2.47. The first-order chi connectivity index (χ1) is 12.9. The summed E-state index contributed by atoms with van der Waals surface area (Å²) in [6.45, 7) is 2.13. The number of nitrogens with one attached hydrogen (secondary N) is 1. The molecule has 4 rings (SSSR count). The molecule has 1 saturated heterocycles. The van der Waals surface area contributed by atoms with Gasteiger partial charge in [0.25, 0.3) is 0 Å². The third-order valence-electron chi connectivity index (χ3n) is 5.64. The zero-order chi connectivity index (χ0) is 19.2. The smallest absolute Gasteiger partial charge is 0.306 e. The number of rotatable bonds is 1. The van der Waals surface area contributed by atoms with Crippen molar-refractivity contribution in [1.82, 2.24) is 4.90 Å². The first-order valence-corrected chi connectivity index (χ1v) is 8.90. The second-order valence-corrected chi connectivity index (χ2v) is 7.39. The minimum atomic E-state index is -0.837. The number of amides is 2. The van der Waals surface area contributed by atoms with Crippen LogP contribution in [0.4, 0.5) is 29.3 Å². The Morgan fingerprint density at radius 2 is 1.70 bits per heavy atom. The normalized spacial score (nSPS) is 18.6. The number of benzene rings is 2. The van der Waals surface area contributed by atoms with E-state index in [0.717, 1.165) is 43.6 Å². The van der Waals surface area contributed by atoms with Crippen LogP contribution in [0.5, 0.6) is 0 Å². The Balaban J connectivity index is 1.65. The second kappa shape index (κ2) is 6.56. The lowest BCUT2D eigenvalue weighted by atomic mass is 9.74. The number of fused-ring (bicyclic) bond motifs is 2. The summed E-state index contributed by atoms with van der Waals surface area (Å²) in [5, 5.41) is 2.51. The van der Waals surface area contributed by atoms with E-state index >= 15 is 0 Å². The van der Waals surface area contributed by atoms with Gasteiger partial charge in [-0.05, 0) is 68.9 Å². The summed E-state index contributed by atoms with van der Waals surface area (Å²) >= 11 is 0. The first-order valence-electron chi connectivity index (χ1n) is 8.90. The number of nitrogens with zero attached hydrogens (tertiary/aromatic N) is 2. The Morgan fingerprint density at radius 1 is 1.04 bits per heavy atom. The van der Waals surface area contributed by atoms with Crippen LogP contribution in [0.1, 0.15) is 18.4 Å². The van der Waals surface area contributed by atoms with Gasteiger partial charge in [0.2, 0.25) is 0 Å². The van der Waals surface area contributed by atoms with Crippen LogP contribution in [0.15, 0.2) is 36.4 Å². The Labute approximate surface area is 155 Å². The molecule has 2 aliphatic rings. The maximum Gasteiger partial charge on any atom is 0.326 e. The fraction of sp³-hybridized carbons (Fsp3) is 0.350. The zero-order valence-electron chi connectivity index (χ0n) is 14.9. The number of carbonyl (C=O) groups is 1. The van der Waals surface area contributed by atoms with Crippen molar-refractivity contribution in [2.24, 2.45) is 0 Å². The van der Waals surface area contributed by atoms with Crippen molar-refractivity contribution in [3.05, 3.63) is 59.4 Å². The summed E-state index contributed by atoms with van der Waals surface area (Å²) in [5.74, 6) is -1.88. The molecular weight excluding hydrogens is 355 g/mol. The maximum atomic E-state index is 13.9. The van der Waals surface area contributed by atoms with Gasteiger partial charge >= 0.3 is 6.03 Å². The van der Waals surface area contributed by atoms with Gasteiger partial charge in [0.1, 0.15) is 17.5 Å². The molecule has 2 heterocycles. The van der Waals surface area contributed by atoms with E-state index in [0.29, 0.717) is 12.2 Å². The van der Waals surface area contributed by atoms with Crippen molar-refractivity contribution >= 4 is 17.4 Å². The number of likely N-dealkylation sites (tertiary alicyclic amines) is 1. The van der Waals surface area contributed by atoms with E-state index in [9.17, 15) is 18.0 Å². The molecule has 0 bridgehead atoms. The minimum Gasteiger partial charge on any atom is -0.306 e. The average molecular weight is 375 g/mol. The molecule has 0 unspecified atom stereocenters. The topological polar surface area (TPSA) is 35.6 Å². The van der Waals surface area contributed by atoms with E-state index in [2.05, 4.69) is 10.2 Å². The molecule has 2 aromatic carbocycles. The quantitative estimate of drug-likeness (QED) is 0.814. The number of anilines is 2. The van der Waals surface area contributed by atoms with Crippen molar-refractivity contribution in [3.63, 3.8) is 0 Å². The number of hydrogen-bond acceptors (Lipinski definition) is 2. The molecule has 0 radical (unpaired) electrons. The summed E-state index contributed by atoms with van der Waals surface area (Å²) in [5.41, 5.74) is 1.07. The van der Waals surface area contributed by atoms with Crippen molar-refractivity contribution in [2.45, 2.75) is 18.3 Å². The lowest BCUT2D eigenvalue weighted by molar-refractivity contribution is 0.196. The third-order valence-corrected chi connectivity index (χ3v) is 5.64.